The monoisotopic (exact) mass is 429 g/mol. The number of esters is 1. The van der Waals surface area contributed by atoms with E-state index in [0.717, 1.165) is 11.8 Å². The molecule has 1 aromatic heterocycles. The average molecular weight is 430 g/mol. The van der Waals surface area contributed by atoms with Crippen LogP contribution in [0.3, 0.4) is 0 Å². The predicted molar refractivity (Wildman–Crippen MR) is 107 cm³/mol. The predicted octanol–water partition coefficient (Wildman–Crippen LogP) is 4.04. The first kappa shape index (κ1) is 21.4. The quantitative estimate of drug-likeness (QED) is 0.700. The third-order valence-electron chi connectivity index (χ3n) is 3.72. The normalized spacial score (nSPS) is 11.5. The number of methoxy groups -OCH3 is 1. The summed E-state index contributed by atoms with van der Waals surface area (Å²) in [6.45, 7) is 4.04. The van der Waals surface area contributed by atoms with E-state index in [1.165, 1.54) is 36.6 Å². The van der Waals surface area contributed by atoms with Crippen LogP contribution in [-0.4, -0.2) is 33.7 Å². The van der Waals surface area contributed by atoms with Crippen molar-refractivity contribution in [1.82, 2.24) is 0 Å². The Labute approximate surface area is 167 Å². The highest BCUT2D eigenvalue weighted by Gasteiger charge is 2.23. The van der Waals surface area contributed by atoms with E-state index in [1.54, 1.807) is 5.38 Å². The van der Waals surface area contributed by atoms with Crippen molar-refractivity contribution in [2.45, 2.75) is 25.2 Å². The Morgan fingerprint density at radius 2 is 1.96 bits per heavy atom. The summed E-state index contributed by atoms with van der Waals surface area (Å²) in [5.41, 5.74) is 1.10. The van der Waals surface area contributed by atoms with Crippen LogP contribution in [0.5, 0.6) is 0 Å². The SMILES string of the molecule is COC(=O)c1c(CC(C)C)csc1NC(=O)c1cc(S(C)(=O)=O)ccc1Cl. The van der Waals surface area contributed by atoms with Gasteiger partial charge in [0.1, 0.15) is 5.00 Å². The molecule has 146 valence electrons. The first-order valence-corrected chi connectivity index (χ1v) is 11.2. The molecule has 0 radical (unpaired) electrons. The number of amides is 1. The van der Waals surface area contributed by atoms with Gasteiger partial charge >= 0.3 is 5.97 Å². The Morgan fingerprint density at radius 1 is 1.30 bits per heavy atom. The Balaban J connectivity index is 2.41. The van der Waals surface area contributed by atoms with Gasteiger partial charge in [-0.1, -0.05) is 25.4 Å². The number of rotatable bonds is 6. The van der Waals surface area contributed by atoms with Gasteiger partial charge in [-0.25, -0.2) is 13.2 Å². The second kappa shape index (κ2) is 8.41. The lowest BCUT2D eigenvalue weighted by molar-refractivity contribution is 0.0601. The summed E-state index contributed by atoms with van der Waals surface area (Å²) in [6.07, 6.45) is 1.70. The minimum atomic E-state index is -3.49. The molecule has 0 unspecified atom stereocenters. The van der Waals surface area contributed by atoms with E-state index < -0.39 is 21.7 Å². The summed E-state index contributed by atoms with van der Waals surface area (Å²) in [6, 6.07) is 3.90. The fourth-order valence-electron chi connectivity index (χ4n) is 2.48. The van der Waals surface area contributed by atoms with Crippen LogP contribution in [0.2, 0.25) is 5.02 Å². The summed E-state index contributed by atoms with van der Waals surface area (Å²) in [4.78, 5) is 24.9. The van der Waals surface area contributed by atoms with Gasteiger partial charge in [0.2, 0.25) is 0 Å². The van der Waals surface area contributed by atoms with Crippen molar-refractivity contribution in [1.29, 1.82) is 0 Å². The molecule has 1 N–H and O–H groups in total. The number of halogens is 1. The highest BCUT2D eigenvalue weighted by molar-refractivity contribution is 7.90. The number of anilines is 1. The van der Waals surface area contributed by atoms with Gasteiger partial charge in [-0.15, -0.1) is 11.3 Å². The molecule has 0 aliphatic carbocycles. The zero-order valence-electron chi connectivity index (χ0n) is 15.3. The smallest absolute Gasteiger partial charge is 0.341 e. The van der Waals surface area contributed by atoms with E-state index in [9.17, 15) is 18.0 Å². The lowest BCUT2D eigenvalue weighted by Gasteiger charge is -2.10. The van der Waals surface area contributed by atoms with Crippen molar-refractivity contribution in [3.8, 4) is 0 Å². The van der Waals surface area contributed by atoms with Crippen LogP contribution in [0.25, 0.3) is 0 Å². The number of ether oxygens (including phenoxy) is 1. The number of carbonyl (C=O) groups is 2. The van der Waals surface area contributed by atoms with E-state index in [0.29, 0.717) is 22.9 Å². The van der Waals surface area contributed by atoms with Crippen molar-refractivity contribution in [3.63, 3.8) is 0 Å². The van der Waals surface area contributed by atoms with Crippen LogP contribution < -0.4 is 5.32 Å². The first-order chi connectivity index (χ1) is 12.5. The number of nitrogens with one attached hydrogen (secondary N) is 1. The molecular formula is C18H20ClNO5S2. The van der Waals surface area contributed by atoms with Crippen molar-refractivity contribution in [3.05, 3.63) is 45.3 Å². The van der Waals surface area contributed by atoms with Crippen LogP contribution in [0.4, 0.5) is 5.00 Å². The Kier molecular flexibility index (Phi) is 6.67. The van der Waals surface area contributed by atoms with E-state index in [-0.39, 0.29) is 15.5 Å². The molecule has 27 heavy (non-hydrogen) atoms. The van der Waals surface area contributed by atoms with Crippen molar-refractivity contribution >= 4 is 49.7 Å². The van der Waals surface area contributed by atoms with Gasteiger partial charge in [-0.05, 0) is 41.5 Å². The van der Waals surface area contributed by atoms with E-state index in [1.807, 2.05) is 13.8 Å². The van der Waals surface area contributed by atoms with Gasteiger partial charge in [0.25, 0.3) is 5.91 Å². The van der Waals surface area contributed by atoms with Crippen LogP contribution in [-0.2, 0) is 21.0 Å². The molecule has 9 heteroatoms. The third kappa shape index (κ3) is 5.09. The van der Waals surface area contributed by atoms with Crippen LogP contribution in [0, 0.1) is 5.92 Å². The zero-order chi connectivity index (χ0) is 20.4. The molecule has 0 saturated carbocycles. The summed E-state index contributed by atoms with van der Waals surface area (Å²) in [5.74, 6) is -0.834. The molecule has 0 spiro atoms. The number of carbonyl (C=O) groups excluding carboxylic acids is 2. The molecule has 0 aliphatic rings. The second-order valence-corrected chi connectivity index (χ2v) is 9.73. The molecule has 1 heterocycles. The number of thiophene rings is 1. The van der Waals surface area contributed by atoms with Crippen molar-refractivity contribution in [2.75, 3.05) is 18.7 Å². The summed E-state index contributed by atoms with van der Waals surface area (Å²) >= 11 is 7.27. The maximum atomic E-state index is 12.7. The van der Waals surface area contributed by atoms with Crippen LogP contribution >= 0.6 is 22.9 Å². The molecule has 0 aliphatic heterocycles. The fraction of sp³-hybridized carbons (Fsp3) is 0.333. The van der Waals surface area contributed by atoms with Crippen LogP contribution in [0.1, 0.15) is 40.1 Å². The standard InChI is InChI=1S/C18H20ClNO5S2/c1-10(2)7-11-9-26-17(15(11)18(22)25-3)20-16(21)13-8-12(27(4,23)24)5-6-14(13)19/h5-6,8-10H,7H2,1-4H3,(H,20,21). The van der Waals surface area contributed by atoms with Crippen molar-refractivity contribution in [2.24, 2.45) is 5.92 Å². The van der Waals surface area contributed by atoms with Gasteiger partial charge in [0, 0.05) is 6.26 Å². The van der Waals surface area contributed by atoms with E-state index >= 15 is 0 Å². The van der Waals surface area contributed by atoms with Gasteiger partial charge in [-0.3, -0.25) is 4.79 Å². The second-order valence-electron chi connectivity index (χ2n) is 6.42. The molecule has 2 rings (SSSR count). The van der Waals surface area contributed by atoms with Gasteiger partial charge in [0.15, 0.2) is 9.84 Å². The summed E-state index contributed by atoms with van der Waals surface area (Å²) < 4.78 is 28.3. The fourth-order valence-corrected chi connectivity index (χ4v) is 4.29. The highest BCUT2D eigenvalue weighted by Crippen LogP contribution is 2.32. The van der Waals surface area contributed by atoms with E-state index in [4.69, 9.17) is 16.3 Å². The van der Waals surface area contributed by atoms with E-state index in [2.05, 4.69) is 5.32 Å². The number of hydrogen-bond donors (Lipinski definition) is 1. The zero-order valence-corrected chi connectivity index (χ0v) is 17.7. The lowest BCUT2D eigenvalue weighted by atomic mass is 10.0. The highest BCUT2D eigenvalue weighted by atomic mass is 35.5. The molecule has 1 aromatic carbocycles. The lowest BCUT2D eigenvalue weighted by Crippen LogP contribution is -2.16. The molecule has 2 aromatic rings. The maximum absolute atomic E-state index is 12.7. The Bertz CT molecular complexity index is 980. The number of sulfone groups is 1. The molecule has 1 amide bonds. The molecule has 0 bridgehead atoms. The average Bonchev–Trinajstić information content (AvgIpc) is 2.94. The minimum Gasteiger partial charge on any atom is -0.465 e. The molecular weight excluding hydrogens is 410 g/mol. The largest absolute Gasteiger partial charge is 0.465 e. The number of benzene rings is 1. The molecule has 0 fully saturated rings. The third-order valence-corrected chi connectivity index (χ3v) is 6.11. The Morgan fingerprint density at radius 3 is 2.52 bits per heavy atom. The summed E-state index contributed by atoms with van der Waals surface area (Å²) in [7, 11) is -2.22. The Hall–Kier alpha value is -1.90. The van der Waals surface area contributed by atoms with Crippen LogP contribution in [0.15, 0.2) is 28.5 Å². The van der Waals surface area contributed by atoms with Gasteiger partial charge < -0.3 is 10.1 Å². The van der Waals surface area contributed by atoms with Gasteiger partial charge in [0.05, 0.1) is 28.2 Å². The topological polar surface area (TPSA) is 89.5 Å². The molecule has 6 nitrogen and oxygen atoms in total. The van der Waals surface area contributed by atoms with Gasteiger partial charge in [-0.2, -0.15) is 0 Å². The molecule has 0 atom stereocenters. The van der Waals surface area contributed by atoms with Crippen molar-refractivity contribution < 1.29 is 22.7 Å². The first-order valence-electron chi connectivity index (χ1n) is 8.04. The minimum absolute atomic E-state index is 0.00853. The maximum Gasteiger partial charge on any atom is 0.341 e. The number of hydrogen-bond acceptors (Lipinski definition) is 6. The summed E-state index contributed by atoms with van der Waals surface area (Å²) in [5, 5.41) is 4.90. The molecule has 0 saturated heterocycles.